The molecule has 0 amide bonds. The second-order valence-corrected chi connectivity index (χ2v) is 8.26. The van der Waals surface area contributed by atoms with E-state index >= 15 is 0 Å². The first-order chi connectivity index (χ1) is 16.0. The van der Waals surface area contributed by atoms with Crippen molar-refractivity contribution in [2.75, 3.05) is 5.32 Å². The van der Waals surface area contributed by atoms with Gasteiger partial charge in [-0.3, -0.25) is 9.36 Å². The van der Waals surface area contributed by atoms with Gasteiger partial charge in [0.15, 0.2) is 17.0 Å². The third-order valence-corrected chi connectivity index (χ3v) is 6.04. The number of hydrogen-bond acceptors (Lipinski definition) is 5. The van der Waals surface area contributed by atoms with Gasteiger partial charge in [0.05, 0.1) is 12.9 Å². The zero-order chi connectivity index (χ0) is 23.1. The van der Waals surface area contributed by atoms with E-state index in [2.05, 4.69) is 15.3 Å². The Morgan fingerprint density at radius 1 is 1.06 bits per heavy atom. The van der Waals surface area contributed by atoms with Gasteiger partial charge in [-0.1, -0.05) is 29.8 Å². The second kappa shape index (κ2) is 8.29. The van der Waals surface area contributed by atoms with Crippen molar-refractivity contribution in [3.05, 3.63) is 75.9 Å². The number of halogens is 1. The van der Waals surface area contributed by atoms with Crippen molar-refractivity contribution in [3.63, 3.8) is 0 Å². The fraction of sp³-hybridized carbons (Fsp3) is 0.208. The Morgan fingerprint density at radius 2 is 1.82 bits per heavy atom. The number of aryl methyl sites for hydroxylation is 2. The lowest BCUT2D eigenvalue weighted by Crippen LogP contribution is -2.20. The number of aromatic nitrogens is 5. The fourth-order valence-electron chi connectivity index (χ4n) is 4.05. The van der Waals surface area contributed by atoms with Crippen molar-refractivity contribution < 1.29 is 5.11 Å². The lowest BCUT2D eigenvalue weighted by molar-refractivity contribution is 0.427. The number of benzene rings is 2. The summed E-state index contributed by atoms with van der Waals surface area (Å²) in [7, 11) is 0. The Bertz CT molecular complexity index is 1530. The summed E-state index contributed by atoms with van der Waals surface area (Å²) in [6.07, 6.45) is 3.57. The monoisotopic (exact) mass is 462 g/mol. The molecule has 2 N–H and O–H groups in total. The fourth-order valence-corrected chi connectivity index (χ4v) is 4.18. The lowest BCUT2D eigenvalue weighted by Gasteiger charge is -2.15. The van der Waals surface area contributed by atoms with Crippen LogP contribution >= 0.6 is 11.6 Å². The summed E-state index contributed by atoms with van der Waals surface area (Å²) in [5.74, 6) is 0.581. The number of imidazole rings is 1. The molecule has 9 heteroatoms. The van der Waals surface area contributed by atoms with Gasteiger partial charge in [-0.25, -0.2) is 4.98 Å². The third kappa shape index (κ3) is 3.72. The van der Waals surface area contributed by atoms with Gasteiger partial charge in [-0.15, -0.1) is 0 Å². The van der Waals surface area contributed by atoms with E-state index in [0.717, 1.165) is 16.3 Å². The van der Waals surface area contributed by atoms with E-state index in [-0.39, 0.29) is 11.4 Å². The molecule has 0 saturated carbocycles. The molecule has 0 unspecified atom stereocenters. The van der Waals surface area contributed by atoms with Crippen LogP contribution in [0, 0.1) is 0 Å². The Kier molecular flexibility index (Phi) is 5.30. The minimum Gasteiger partial charge on any atom is -0.494 e. The molecular weight excluding hydrogens is 440 g/mol. The molecule has 0 spiro atoms. The van der Waals surface area contributed by atoms with E-state index in [4.69, 9.17) is 11.6 Å². The molecule has 0 atom stereocenters. The largest absolute Gasteiger partial charge is 0.494 e. The van der Waals surface area contributed by atoms with E-state index < -0.39 is 0 Å². The number of nitrogens with one attached hydrogen (secondary N) is 1. The molecule has 0 aliphatic carbocycles. The van der Waals surface area contributed by atoms with E-state index in [0.29, 0.717) is 47.5 Å². The SMILES string of the molecule is CCn1cc2ccc(Nc3nc(=O)c4c(ncn4CC)n3Cc3ccc(Cl)cc3)cc2c1O. The van der Waals surface area contributed by atoms with Crippen LogP contribution in [0.1, 0.15) is 19.4 Å². The van der Waals surface area contributed by atoms with Gasteiger partial charge in [0.2, 0.25) is 5.95 Å². The zero-order valence-electron chi connectivity index (χ0n) is 18.3. The molecule has 0 aliphatic rings. The molecule has 168 valence electrons. The van der Waals surface area contributed by atoms with Crippen LogP contribution < -0.4 is 10.9 Å². The van der Waals surface area contributed by atoms with Crippen LogP contribution in [0.3, 0.4) is 0 Å². The highest BCUT2D eigenvalue weighted by atomic mass is 35.5. The van der Waals surface area contributed by atoms with Gasteiger partial charge < -0.3 is 19.6 Å². The molecular formula is C24H23ClN6O2. The summed E-state index contributed by atoms with van der Waals surface area (Å²) >= 11 is 6.05. The van der Waals surface area contributed by atoms with Gasteiger partial charge in [0.1, 0.15) is 0 Å². The Balaban J connectivity index is 1.63. The third-order valence-electron chi connectivity index (χ3n) is 5.79. The summed E-state index contributed by atoms with van der Waals surface area (Å²) in [4.78, 5) is 21.8. The first-order valence-electron chi connectivity index (χ1n) is 10.8. The van der Waals surface area contributed by atoms with Crippen LogP contribution in [-0.4, -0.2) is 28.8 Å². The number of aromatic hydroxyl groups is 1. The van der Waals surface area contributed by atoms with Gasteiger partial charge in [0.25, 0.3) is 0 Å². The number of nitrogens with zero attached hydrogens (tertiary/aromatic N) is 5. The normalized spacial score (nSPS) is 11.5. The maximum atomic E-state index is 12.9. The zero-order valence-corrected chi connectivity index (χ0v) is 19.0. The Hall–Kier alpha value is -3.78. The van der Waals surface area contributed by atoms with Crippen molar-refractivity contribution in [3.8, 4) is 5.88 Å². The highest BCUT2D eigenvalue weighted by Gasteiger charge is 2.17. The molecule has 5 rings (SSSR count). The van der Waals surface area contributed by atoms with Gasteiger partial charge in [-0.2, -0.15) is 4.98 Å². The van der Waals surface area contributed by atoms with Crippen molar-refractivity contribution in [2.24, 2.45) is 0 Å². The summed E-state index contributed by atoms with van der Waals surface area (Å²) < 4.78 is 5.46. The van der Waals surface area contributed by atoms with Crippen LogP contribution in [0.25, 0.3) is 21.9 Å². The van der Waals surface area contributed by atoms with Gasteiger partial charge in [-0.05, 0) is 43.7 Å². The molecule has 0 saturated heterocycles. The minimum absolute atomic E-state index is 0.208. The van der Waals surface area contributed by atoms with E-state index in [1.165, 1.54) is 0 Å². The highest BCUT2D eigenvalue weighted by molar-refractivity contribution is 6.30. The number of rotatable bonds is 6. The number of hydrogen-bond donors (Lipinski definition) is 2. The number of fused-ring (bicyclic) bond motifs is 2. The Morgan fingerprint density at radius 3 is 2.55 bits per heavy atom. The topological polar surface area (TPSA) is 89.9 Å². The van der Waals surface area contributed by atoms with Crippen molar-refractivity contribution >= 4 is 45.2 Å². The smallest absolute Gasteiger partial charge is 0.300 e. The predicted octanol–water partition coefficient (Wildman–Crippen LogP) is 4.74. The van der Waals surface area contributed by atoms with E-state index in [9.17, 15) is 9.90 Å². The summed E-state index contributed by atoms with van der Waals surface area (Å²) in [5, 5.41) is 16.1. The molecule has 0 radical (unpaired) electrons. The molecule has 5 aromatic rings. The van der Waals surface area contributed by atoms with Gasteiger partial charge >= 0.3 is 5.56 Å². The molecule has 0 bridgehead atoms. The standard InChI is InChI=1S/C24H23ClN6O2/c1-3-29-13-16-7-10-18(11-19(16)23(29)33)27-24-28-22(32)20-21(26-14-30(20)4-2)31(24)12-15-5-8-17(25)9-6-15/h5-11,13-14,33H,3-4,12H2,1-2H3,(H,27,28,32). The predicted molar refractivity (Wildman–Crippen MR) is 131 cm³/mol. The molecule has 0 aliphatic heterocycles. The van der Waals surface area contributed by atoms with Crippen molar-refractivity contribution in [2.45, 2.75) is 33.5 Å². The second-order valence-electron chi connectivity index (χ2n) is 7.82. The van der Waals surface area contributed by atoms with Gasteiger partial charge in [0, 0.05) is 40.8 Å². The van der Waals surface area contributed by atoms with Crippen molar-refractivity contribution in [1.82, 2.24) is 23.7 Å². The lowest BCUT2D eigenvalue weighted by atomic mass is 10.2. The minimum atomic E-state index is -0.347. The van der Waals surface area contributed by atoms with E-state index in [1.54, 1.807) is 15.5 Å². The maximum Gasteiger partial charge on any atom is 0.300 e. The van der Waals surface area contributed by atoms with E-state index in [1.807, 2.05) is 67.1 Å². The molecule has 8 nitrogen and oxygen atoms in total. The van der Waals surface area contributed by atoms with Crippen LogP contribution in [0.2, 0.25) is 5.02 Å². The quantitative estimate of drug-likeness (QED) is 0.380. The van der Waals surface area contributed by atoms with Crippen LogP contribution in [-0.2, 0) is 19.6 Å². The maximum absolute atomic E-state index is 12.9. The average molecular weight is 463 g/mol. The highest BCUT2D eigenvalue weighted by Crippen LogP contribution is 2.31. The molecule has 0 fully saturated rings. The van der Waals surface area contributed by atoms with Crippen molar-refractivity contribution in [1.29, 1.82) is 0 Å². The summed E-state index contributed by atoms with van der Waals surface area (Å²) in [6, 6.07) is 13.2. The van der Waals surface area contributed by atoms with Crippen LogP contribution in [0.4, 0.5) is 11.6 Å². The molecule has 2 aromatic carbocycles. The first-order valence-corrected chi connectivity index (χ1v) is 11.1. The summed E-state index contributed by atoms with van der Waals surface area (Å²) in [5.41, 5.74) is 2.37. The first kappa shape index (κ1) is 21.1. The summed E-state index contributed by atoms with van der Waals surface area (Å²) in [6.45, 7) is 5.67. The number of anilines is 2. The molecule has 33 heavy (non-hydrogen) atoms. The van der Waals surface area contributed by atoms with Crippen LogP contribution in [0.5, 0.6) is 5.88 Å². The molecule has 3 aromatic heterocycles. The average Bonchev–Trinajstić information content (AvgIpc) is 3.39. The van der Waals surface area contributed by atoms with Crippen LogP contribution in [0.15, 0.2) is 59.8 Å². The Labute approximate surface area is 194 Å². The molecule has 3 heterocycles.